The summed E-state index contributed by atoms with van der Waals surface area (Å²) in [4.78, 5) is 32.8. The Labute approximate surface area is 156 Å². The maximum atomic E-state index is 12.8. The van der Waals surface area contributed by atoms with Crippen LogP contribution in [0.1, 0.15) is 25.7 Å². The van der Waals surface area contributed by atoms with Crippen molar-refractivity contribution in [2.45, 2.75) is 25.7 Å². The van der Waals surface area contributed by atoms with Crippen LogP contribution < -0.4 is 4.90 Å². The molecule has 0 bridgehead atoms. The Morgan fingerprint density at radius 2 is 1.85 bits per heavy atom. The summed E-state index contributed by atoms with van der Waals surface area (Å²) in [6.07, 6.45) is 3.08. The van der Waals surface area contributed by atoms with E-state index in [1.54, 1.807) is 16.2 Å². The molecule has 1 N–H and O–H groups in total. The minimum Gasteiger partial charge on any atom is -0.481 e. The molecule has 4 rings (SSSR count). The first-order chi connectivity index (χ1) is 12.6. The number of hydrogen-bond acceptors (Lipinski definition) is 5. The lowest BCUT2D eigenvalue weighted by atomic mass is 9.92. The highest BCUT2D eigenvalue weighted by atomic mass is 32.1. The number of likely N-dealkylation sites (tertiary alicyclic amines) is 1. The molecular formula is C19H23N3O3S. The van der Waals surface area contributed by atoms with Gasteiger partial charge in [0.2, 0.25) is 5.91 Å². The highest BCUT2D eigenvalue weighted by Gasteiger charge is 2.33. The van der Waals surface area contributed by atoms with E-state index in [4.69, 9.17) is 4.98 Å². The summed E-state index contributed by atoms with van der Waals surface area (Å²) < 4.78 is 1.19. The normalized spacial score (nSPS) is 21.9. The second kappa shape index (κ2) is 7.23. The zero-order chi connectivity index (χ0) is 18.1. The fourth-order valence-corrected chi connectivity index (χ4v) is 4.97. The van der Waals surface area contributed by atoms with Crippen molar-refractivity contribution in [2.24, 2.45) is 11.8 Å². The van der Waals surface area contributed by atoms with E-state index < -0.39 is 11.9 Å². The lowest BCUT2D eigenvalue weighted by Crippen LogP contribution is -2.47. The lowest BCUT2D eigenvalue weighted by molar-refractivity contribution is -0.147. The van der Waals surface area contributed by atoms with E-state index in [2.05, 4.69) is 11.0 Å². The summed E-state index contributed by atoms with van der Waals surface area (Å²) in [6.45, 7) is 2.71. The fraction of sp³-hybridized carbons (Fsp3) is 0.526. The molecule has 3 heterocycles. The third-order valence-corrected chi connectivity index (χ3v) is 6.58. The number of aliphatic carboxylic acids is 1. The van der Waals surface area contributed by atoms with Gasteiger partial charge in [0, 0.05) is 32.1 Å². The average Bonchev–Trinajstić information content (AvgIpc) is 3.12. The third kappa shape index (κ3) is 3.40. The van der Waals surface area contributed by atoms with Gasteiger partial charge in [-0.2, -0.15) is 0 Å². The number of fused-ring (bicyclic) bond motifs is 1. The van der Waals surface area contributed by atoms with Crippen molar-refractivity contribution < 1.29 is 14.7 Å². The summed E-state index contributed by atoms with van der Waals surface area (Å²) in [5.41, 5.74) is 1.03. The molecular weight excluding hydrogens is 350 g/mol. The molecule has 1 amide bonds. The summed E-state index contributed by atoms with van der Waals surface area (Å²) in [5.74, 6) is -1.04. The van der Waals surface area contributed by atoms with Crippen LogP contribution in [0.25, 0.3) is 10.2 Å². The van der Waals surface area contributed by atoms with E-state index in [0.29, 0.717) is 19.5 Å². The lowest BCUT2D eigenvalue weighted by Gasteiger charge is -2.36. The minimum absolute atomic E-state index is 0.00757. The van der Waals surface area contributed by atoms with Gasteiger partial charge >= 0.3 is 5.97 Å². The molecule has 0 unspecified atom stereocenters. The van der Waals surface area contributed by atoms with Gasteiger partial charge in [0.1, 0.15) is 0 Å². The number of carbonyl (C=O) groups excluding carboxylic acids is 1. The van der Waals surface area contributed by atoms with E-state index in [1.807, 2.05) is 18.2 Å². The predicted octanol–water partition coefficient (Wildman–Crippen LogP) is 2.84. The van der Waals surface area contributed by atoms with Gasteiger partial charge in [-0.25, -0.2) is 4.98 Å². The second-order valence-corrected chi connectivity index (χ2v) is 8.20. The largest absolute Gasteiger partial charge is 0.481 e. The Balaban J connectivity index is 1.37. The van der Waals surface area contributed by atoms with Crippen LogP contribution in [0.3, 0.4) is 0 Å². The van der Waals surface area contributed by atoms with E-state index in [-0.39, 0.29) is 11.8 Å². The Morgan fingerprint density at radius 3 is 2.58 bits per heavy atom. The van der Waals surface area contributed by atoms with Gasteiger partial charge in [0.05, 0.1) is 16.1 Å². The Hall–Kier alpha value is -2.15. The Kier molecular flexibility index (Phi) is 4.80. The smallest absolute Gasteiger partial charge is 0.308 e. The first-order valence-corrected chi connectivity index (χ1v) is 10.1. The third-order valence-electron chi connectivity index (χ3n) is 5.48. The number of rotatable bonds is 3. The van der Waals surface area contributed by atoms with Gasteiger partial charge in [0.15, 0.2) is 5.13 Å². The summed E-state index contributed by atoms with van der Waals surface area (Å²) in [6, 6.07) is 8.14. The van der Waals surface area contributed by atoms with Crippen molar-refractivity contribution in [3.05, 3.63) is 24.3 Å². The molecule has 26 heavy (non-hydrogen) atoms. The molecule has 0 radical (unpaired) electrons. The van der Waals surface area contributed by atoms with Gasteiger partial charge in [-0.15, -0.1) is 0 Å². The average molecular weight is 373 g/mol. The number of anilines is 1. The first-order valence-electron chi connectivity index (χ1n) is 9.24. The summed E-state index contributed by atoms with van der Waals surface area (Å²) in [5, 5.41) is 10.2. The quantitative estimate of drug-likeness (QED) is 0.896. The Bertz CT molecular complexity index is 780. The molecule has 0 aliphatic carbocycles. The molecule has 1 atom stereocenters. The molecule has 2 aliphatic rings. The maximum Gasteiger partial charge on any atom is 0.308 e. The fourth-order valence-electron chi connectivity index (χ4n) is 3.95. The van der Waals surface area contributed by atoms with E-state index >= 15 is 0 Å². The molecule has 7 heteroatoms. The zero-order valence-electron chi connectivity index (χ0n) is 14.6. The van der Waals surface area contributed by atoms with Crippen molar-refractivity contribution in [3.63, 3.8) is 0 Å². The number of piperidine rings is 2. The molecule has 0 spiro atoms. The number of benzene rings is 1. The van der Waals surface area contributed by atoms with Crippen molar-refractivity contribution in [1.82, 2.24) is 9.88 Å². The topological polar surface area (TPSA) is 73.7 Å². The summed E-state index contributed by atoms with van der Waals surface area (Å²) in [7, 11) is 0. The van der Waals surface area contributed by atoms with Crippen LogP contribution in [0.15, 0.2) is 24.3 Å². The van der Waals surface area contributed by atoms with Crippen LogP contribution in [0.4, 0.5) is 5.13 Å². The number of amides is 1. The predicted molar refractivity (Wildman–Crippen MR) is 101 cm³/mol. The van der Waals surface area contributed by atoms with Crippen molar-refractivity contribution in [2.75, 3.05) is 31.1 Å². The molecule has 0 saturated carbocycles. The van der Waals surface area contributed by atoms with Gasteiger partial charge in [0.25, 0.3) is 0 Å². The number of para-hydroxylation sites is 1. The van der Waals surface area contributed by atoms with Gasteiger partial charge in [-0.1, -0.05) is 23.5 Å². The molecule has 6 nitrogen and oxygen atoms in total. The minimum atomic E-state index is -0.784. The molecule has 2 saturated heterocycles. The highest BCUT2D eigenvalue weighted by Crippen LogP contribution is 2.32. The SMILES string of the molecule is O=C(O)[C@@H]1CCCN(C(=O)C2CCN(c3nc4ccccc4s3)CC2)C1. The number of carboxylic acids is 1. The van der Waals surface area contributed by atoms with Crippen LogP contribution in [0, 0.1) is 11.8 Å². The highest BCUT2D eigenvalue weighted by molar-refractivity contribution is 7.22. The van der Waals surface area contributed by atoms with Gasteiger partial charge < -0.3 is 14.9 Å². The molecule has 2 aromatic rings. The van der Waals surface area contributed by atoms with Crippen molar-refractivity contribution >= 4 is 38.6 Å². The molecule has 138 valence electrons. The standard InChI is InChI=1S/C19H23N3O3S/c23-17(22-9-3-4-14(12-22)18(24)25)13-7-10-21(11-8-13)19-20-15-5-1-2-6-16(15)26-19/h1-2,5-6,13-14H,3-4,7-12H2,(H,24,25)/t14-/m1/s1. The summed E-state index contributed by atoms with van der Waals surface area (Å²) >= 11 is 1.70. The van der Waals surface area contributed by atoms with Crippen LogP contribution >= 0.6 is 11.3 Å². The van der Waals surface area contributed by atoms with Crippen LogP contribution in [-0.2, 0) is 9.59 Å². The van der Waals surface area contributed by atoms with Gasteiger partial charge in [-0.3, -0.25) is 9.59 Å². The maximum absolute atomic E-state index is 12.8. The van der Waals surface area contributed by atoms with Gasteiger partial charge in [-0.05, 0) is 37.8 Å². The van der Waals surface area contributed by atoms with Crippen LogP contribution in [0.5, 0.6) is 0 Å². The number of aromatic nitrogens is 1. The number of nitrogens with zero attached hydrogens (tertiary/aromatic N) is 3. The molecule has 2 fully saturated rings. The monoisotopic (exact) mass is 373 g/mol. The van der Waals surface area contributed by atoms with E-state index in [1.165, 1.54) is 4.70 Å². The van der Waals surface area contributed by atoms with Crippen molar-refractivity contribution in [3.8, 4) is 0 Å². The molecule has 1 aromatic carbocycles. The second-order valence-electron chi connectivity index (χ2n) is 7.19. The van der Waals surface area contributed by atoms with Crippen LogP contribution in [0.2, 0.25) is 0 Å². The zero-order valence-corrected chi connectivity index (χ0v) is 15.5. The van der Waals surface area contributed by atoms with E-state index in [0.717, 1.165) is 43.0 Å². The van der Waals surface area contributed by atoms with Crippen LogP contribution in [-0.4, -0.2) is 53.0 Å². The number of hydrogen-bond donors (Lipinski definition) is 1. The molecule has 1 aromatic heterocycles. The number of thiazole rings is 1. The number of carbonyl (C=O) groups is 2. The number of carboxylic acid groups (broad SMARTS) is 1. The van der Waals surface area contributed by atoms with Crippen molar-refractivity contribution in [1.29, 1.82) is 0 Å². The first kappa shape index (κ1) is 17.3. The molecule has 2 aliphatic heterocycles. The Morgan fingerprint density at radius 1 is 1.08 bits per heavy atom. The van der Waals surface area contributed by atoms with E-state index in [9.17, 15) is 14.7 Å².